The average molecular weight is 1010 g/mol. The molecule has 11 atom stereocenters. The predicted molar refractivity (Wildman–Crippen MR) is 279 cm³/mol. The SMILES string of the molecule is CC/C=C\C/C=C\C/C=C\C/C=C\CCCCCCCCCOCC(COC1OC(COC2OC(CO)C(O)C(O)C2O)C(O)C(O)C1O)OC(=O)CCCCCCCCC/C=C\C/C=C\C/C=C\CC. The van der Waals surface area contributed by atoms with Crippen molar-refractivity contribution in [2.75, 3.05) is 33.0 Å². The maximum Gasteiger partial charge on any atom is 0.306 e. The van der Waals surface area contributed by atoms with E-state index in [0.29, 0.717) is 13.0 Å². The van der Waals surface area contributed by atoms with E-state index in [1.54, 1.807) is 0 Å². The molecule has 408 valence electrons. The standard InChI is InChI=1S/C57H96O14/c1-3-5-7-9-11-13-15-17-19-21-22-23-25-27-29-31-33-35-37-39-41-66-43-46(69-49(59)40-38-36-34-32-30-28-26-24-20-18-16-14-12-10-8-6-4-2)44-67-56-55(65)53(63)51(61)48(71-56)45-68-57-54(64)52(62)50(60)47(42-58)70-57/h5-8,11-14,17-20,22-23,46-48,50-58,60-65H,3-4,9-10,15-16,21,24-45H2,1-2H3/b7-5-,8-6-,13-11-,14-12-,19-17-,20-18-,23-22-. The number of carbonyl (C=O) groups excluding carboxylic acids is 1. The van der Waals surface area contributed by atoms with E-state index in [-0.39, 0.29) is 19.6 Å². The van der Waals surface area contributed by atoms with E-state index in [4.69, 9.17) is 28.4 Å². The van der Waals surface area contributed by atoms with E-state index in [2.05, 4.69) is 98.9 Å². The summed E-state index contributed by atoms with van der Waals surface area (Å²) >= 11 is 0. The zero-order chi connectivity index (χ0) is 51.6. The normalized spacial score (nSPS) is 26.0. The first-order chi connectivity index (χ1) is 34.6. The van der Waals surface area contributed by atoms with E-state index in [9.17, 15) is 40.5 Å². The third-order valence-corrected chi connectivity index (χ3v) is 12.4. The molecular weight excluding hydrogens is 909 g/mol. The Kier molecular flexibility index (Phi) is 39.4. The van der Waals surface area contributed by atoms with Crippen molar-refractivity contribution in [3.63, 3.8) is 0 Å². The second-order valence-corrected chi connectivity index (χ2v) is 18.6. The maximum absolute atomic E-state index is 13.0. The third kappa shape index (κ3) is 30.8. The molecule has 2 fully saturated rings. The van der Waals surface area contributed by atoms with Crippen LogP contribution in [0.25, 0.3) is 0 Å². The summed E-state index contributed by atoms with van der Waals surface area (Å²) in [5.74, 6) is -0.394. The number of rotatable bonds is 42. The molecule has 0 amide bonds. The van der Waals surface area contributed by atoms with Crippen molar-refractivity contribution in [3.05, 3.63) is 85.1 Å². The molecule has 2 saturated heterocycles. The first-order valence-corrected chi connectivity index (χ1v) is 27.2. The van der Waals surface area contributed by atoms with Crippen LogP contribution in [0.15, 0.2) is 85.1 Å². The summed E-state index contributed by atoms with van der Waals surface area (Å²) in [7, 11) is 0. The molecule has 2 aliphatic rings. The molecule has 14 nitrogen and oxygen atoms in total. The molecule has 0 aromatic rings. The highest BCUT2D eigenvalue weighted by Gasteiger charge is 2.47. The fourth-order valence-corrected chi connectivity index (χ4v) is 8.05. The summed E-state index contributed by atoms with van der Waals surface area (Å²) in [5, 5.41) is 72.2. The lowest BCUT2D eigenvalue weighted by Crippen LogP contribution is -2.61. The summed E-state index contributed by atoms with van der Waals surface area (Å²) in [4.78, 5) is 13.0. The van der Waals surface area contributed by atoms with Crippen molar-refractivity contribution < 1.29 is 69.0 Å². The van der Waals surface area contributed by atoms with Gasteiger partial charge >= 0.3 is 5.97 Å². The fourth-order valence-electron chi connectivity index (χ4n) is 8.05. The number of ether oxygens (including phenoxy) is 6. The van der Waals surface area contributed by atoms with Crippen LogP contribution in [0, 0.1) is 0 Å². The van der Waals surface area contributed by atoms with E-state index >= 15 is 0 Å². The Bertz CT molecular complexity index is 1490. The van der Waals surface area contributed by atoms with Gasteiger partial charge in [0.25, 0.3) is 0 Å². The molecule has 2 aliphatic heterocycles. The van der Waals surface area contributed by atoms with Crippen LogP contribution in [0.2, 0.25) is 0 Å². The number of aliphatic hydroxyl groups is 7. The quantitative estimate of drug-likeness (QED) is 0.0173. The highest BCUT2D eigenvalue weighted by molar-refractivity contribution is 5.69. The van der Waals surface area contributed by atoms with Crippen LogP contribution < -0.4 is 0 Å². The molecule has 71 heavy (non-hydrogen) atoms. The molecule has 0 bridgehead atoms. The van der Waals surface area contributed by atoms with Crippen molar-refractivity contribution in [3.8, 4) is 0 Å². The summed E-state index contributed by atoms with van der Waals surface area (Å²) in [6, 6.07) is 0. The lowest BCUT2D eigenvalue weighted by Gasteiger charge is -2.42. The number of esters is 1. The zero-order valence-corrected chi connectivity index (χ0v) is 43.4. The first kappa shape index (κ1) is 64.3. The van der Waals surface area contributed by atoms with Gasteiger partial charge in [0.2, 0.25) is 0 Å². The number of allylic oxidation sites excluding steroid dienone is 14. The van der Waals surface area contributed by atoms with Gasteiger partial charge in [-0.15, -0.1) is 0 Å². The summed E-state index contributed by atoms with van der Waals surface area (Å²) < 4.78 is 34.3. The number of carbonyl (C=O) groups is 1. The van der Waals surface area contributed by atoms with Crippen molar-refractivity contribution in [2.45, 2.75) is 235 Å². The van der Waals surface area contributed by atoms with Crippen molar-refractivity contribution in [1.82, 2.24) is 0 Å². The Morgan fingerprint density at radius 1 is 0.465 bits per heavy atom. The highest BCUT2D eigenvalue weighted by atomic mass is 16.7. The Balaban J connectivity index is 1.75. The van der Waals surface area contributed by atoms with Gasteiger partial charge in [0.15, 0.2) is 12.6 Å². The van der Waals surface area contributed by atoms with E-state index in [0.717, 1.165) is 109 Å². The lowest BCUT2D eigenvalue weighted by molar-refractivity contribution is -0.332. The number of aliphatic hydroxyl groups excluding tert-OH is 7. The van der Waals surface area contributed by atoms with Gasteiger partial charge in [0, 0.05) is 13.0 Å². The molecular formula is C57H96O14. The van der Waals surface area contributed by atoms with Gasteiger partial charge in [-0.05, 0) is 83.5 Å². The molecule has 0 spiro atoms. The zero-order valence-electron chi connectivity index (χ0n) is 43.4. The highest BCUT2D eigenvalue weighted by Crippen LogP contribution is 2.26. The van der Waals surface area contributed by atoms with Gasteiger partial charge < -0.3 is 64.2 Å². The van der Waals surface area contributed by atoms with Gasteiger partial charge in [0.05, 0.1) is 26.4 Å². The third-order valence-electron chi connectivity index (χ3n) is 12.4. The molecule has 7 N–H and O–H groups in total. The maximum atomic E-state index is 13.0. The first-order valence-electron chi connectivity index (χ1n) is 27.2. The van der Waals surface area contributed by atoms with Crippen LogP contribution in [0.5, 0.6) is 0 Å². The average Bonchev–Trinajstić information content (AvgIpc) is 3.37. The molecule has 0 saturated carbocycles. The molecule has 0 aromatic heterocycles. The second-order valence-electron chi connectivity index (χ2n) is 18.6. The minimum Gasteiger partial charge on any atom is -0.457 e. The smallest absolute Gasteiger partial charge is 0.306 e. The minimum absolute atomic E-state index is 0.0449. The monoisotopic (exact) mass is 1000 g/mol. The lowest BCUT2D eigenvalue weighted by atomic mass is 9.98. The van der Waals surface area contributed by atoms with Crippen LogP contribution >= 0.6 is 0 Å². The van der Waals surface area contributed by atoms with Gasteiger partial charge in [-0.2, -0.15) is 0 Å². The molecule has 11 unspecified atom stereocenters. The van der Waals surface area contributed by atoms with Gasteiger partial charge in [-0.3, -0.25) is 4.79 Å². The van der Waals surface area contributed by atoms with Crippen LogP contribution in [-0.2, 0) is 33.2 Å². The van der Waals surface area contributed by atoms with Crippen LogP contribution in [0.1, 0.15) is 168 Å². The Morgan fingerprint density at radius 2 is 0.873 bits per heavy atom. The Labute approximate surface area is 427 Å². The largest absolute Gasteiger partial charge is 0.457 e. The number of unbranched alkanes of at least 4 members (excludes halogenated alkanes) is 14. The van der Waals surface area contributed by atoms with Crippen LogP contribution in [0.3, 0.4) is 0 Å². The molecule has 2 rings (SSSR count). The van der Waals surface area contributed by atoms with Crippen LogP contribution in [0.4, 0.5) is 0 Å². The van der Waals surface area contributed by atoms with Crippen LogP contribution in [-0.4, -0.2) is 142 Å². The van der Waals surface area contributed by atoms with Gasteiger partial charge in [-0.1, -0.05) is 163 Å². The van der Waals surface area contributed by atoms with Gasteiger partial charge in [-0.25, -0.2) is 0 Å². The van der Waals surface area contributed by atoms with E-state index in [1.807, 2.05) is 0 Å². The summed E-state index contributed by atoms with van der Waals surface area (Å²) in [6.07, 6.45) is 39.2. The second kappa shape index (κ2) is 43.6. The summed E-state index contributed by atoms with van der Waals surface area (Å²) in [5.41, 5.74) is 0. The number of hydrogen-bond acceptors (Lipinski definition) is 14. The molecule has 0 aromatic carbocycles. The molecule has 0 aliphatic carbocycles. The Morgan fingerprint density at radius 3 is 1.37 bits per heavy atom. The predicted octanol–water partition coefficient (Wildman–Crippen LogP) is 8.85. The van der Waals surface area contributed by atoms with E-state index < -0.39 is 86.7 Å². The fraction of sp³-hybridized carbons (Fsp3) is 0.737. The number of hydrogen-bond donors (Lipinski definition) is 7. The van der Waals surface area contributed by atoms with Crippen molar-refractivity contribution >= 4 is 5.97 Å². The minimum atomic E-state index is -1.72. The molecule has 0 radical (unpaired) electrons. The molecule has 14 heteroatoms. The Hall–Kier alpha value is -2.83. The topological polar surface area (TPSA) is 214 Å². The van der Waals surface area contributed by atoms with E-state index in [1.165, 1.54) is 32.1 Å². The van der Waals surface area contributed by atoms with Gasteiger partial charge in [0.1, 0.15) is 54.9 Å². The summed E-state index contributed by atoms with van der Waals surface area (Å²) in [6.45, 7) is 3.41. The molecule has 2 heterocycles. The van der Waals surface area contributed by atoms with Crippen molar-refractivity contribution in [2.24, 2.45) is 0 Å². The van der Waals surface area contributed by atoms with Crippen molar-refractivity contribution in [1.29, 1.82) is 0 Å².